The van der Waals surface area contributed by atoms with Crippen LogP contribution in [-0.4, -0.2) is 12.9 Å². The van der Waals surface area contributed by atoms with Crippen molar-refractivity contribution in [2.45, 2.75) is 0 Å². The Bertz CT molecular complexity index is 1260. The lowest BCUT2D eigenvalue weighted by Crippen LogP contribution is -2.01. The highest BCUT2D eigenvalue weighted by molar-refractivity contribution is 6.32. The van der Waals surface area contributed by atoms with Crippen LogP contribution in [0, 0.1) is 47.0 Å². The molecular formula is C24H11ClF4O2. The molecule has 0 saturated carbocycles. The first-order valence-corrected chi connectivity index (χ1v) is 9.04. The lowest BCUT2D eigenvalue weighted by molar-refractivity contribution is 0.105. The van der Waals surface area contributed by atoms with Crippen molar-refractivity contribution in [1.82, 2.24) is 0 Å². The number of halogens is 5. The first-order chi connectivity index (χ1) is 14.8. The van der Waals surface area contributed by atoms with E-state index in [-0.39, 0.29) is 5.56 Å². The summed E-state index contributed by atoms with van der Waals surface area (Å²) < 4.78 is 59.3. The minimum Gasteiger partial charge on any atom is -0.497 e. The summed E-state index contributed by atoms with van der Waals surface area (Å²) >= 11 is 5.57. The van der Waals surface area contributed by atoms with Crippen molar-refractivity contribution in [1.29, 1.82) is 0 Å². The summed E-state index contributed by atoms with van der Waals surface area (Å²) in [4.78, 5) is 12.3. The number of ketones is 1. The molecular weight excluding hydrogens is 432 g/mol. The average molecular weight is 443 g/mol. The fourth-order valence-electron chi connectivity index (χ4n) is 2.48. The summed E-state index contributed by atoms with van der Waals surface area (Å²) in [7, 11) is 1.50. The molecule has 3 rings (SSSR count). The molecule has 0 unspecified atom stereocenters. The van der Waals surface area contributed by atoms with Gasteiger partial charge in [-0.2, -0.15) is 0 Å². The molecule has 0 amide bonds. The van der Waals surface area contributed by atoms with E-state index >= 15 is 0 Å². The Balaban J connectivity index is 1.96. The Morgan fingerprint density at radius 3 is 2.00 bits per heavy atom. The largest absolute Gasteiger partial charge is 0.497 e. The lowest BCUT2D eigenvalue weighted by atomic mass is 10.1. The van der Waals surface area contributed by atoms with Gasteiger partial charge >= 0.3 is 0 Å². The molecule has 31 heavy (non-hydrogen) atoms. The highest BCUT2D eigenvalue weighted by atomic mass is 35.5. The van der Waals surface area contributed by atoms with Crippen LogP contribution in [-0.2, 0) is 0 Å². The molecule has 3 aromatic carbocycles. The lowest BCUT2D eigenvalue weighted by Gasteiger charge is -2.03. The third-order valence-corrected chi connectivity index (χ3v) is 4.48. The van der Waals surface area contributed by atoms with Gasteiger partial charge in [-0.3, -0.25) is 4.79 Å². The molecule has 0 saturated heterocycles. The molecule has 0 aliphatic heterocycles. The van der Waals surface area contributed by atoms with E-state index in [1.54, 1.807) is 42.5 Å². The zero-order valence-electron chi connectivity index (χ0n) is 15.8. The molecule has 2 nitrogen and oxygen atoms in total. The fraction of sp³-hybridized carbons (Fsp3) is 0.0417. The summed E-state index contributed by atoms with van der Waals surface area (Å²) in [6, 6.07) is 12.7. The molecule has 0 aliphatic carbocycles. The van der Waals surface area contributed by atoms with Gasteiger partial charge in [0.15, 0.2) is 23.3 Å². The minimum atomic E-state index is -2.02. The SMILES string of the molecule is COc1ccc(C(=O)C#Cc2ccccc2C#Cc2c(F)c(F)c(F)c(F)c2Cl)cc1. The maximum atomic E-state index is 14.0. The number of Topliss-reactive ketones (excluding diaryl/α,β-unsaturated/α-hetero) is 1. The summed E-state index contributed by atoms with van der Waals surface area (Å²) in [5, 5.41) is -0.970. The third-order valence-electron chi connectivity index (χ3n) is 4.12. The fourth-order valence-corrected chi connectivity index (χ4v) is 2.70. The van der Waals surface area contributed by atoms with Crippen LogP contribution in [0.4, 0.5) is 17.6 Å². The maximum absolute atomic E-state index is 14.0. The normalized spacial score (nSPS) is 9.87. The van der Waals surface area contributed by atoms with E-state index < -0.39 is 39.6 Å². The van der Waals surface area contributed by atoms with E-state index in [9.17, 15) is 22.4 Å². The molecule has 0 spiro atoms. The van der Waals surface area contributed by atoms with E-state index in [1.165, 1.54) is 13.2 Å². The number of carbonyl (C=O) groups excluding carboxylic acids is 1. The topological polar surface area (TPSA) is 26.3 Å². The van der Waals surface area contributed by atoms with Crippen molar-refractivity contribution in [3.05, 3.63) is 99.1 Å². The number of ether oxygens (including phenoxy) is 1. The van der Waals surface area contributed by atoms with Crippen molar-refractivity contribution >= 4 is 17.4 Å². The second-order valence-electron chi connectivity index (χ2n) is 6.05. The highest BCUT2D eigenvalue weighted by Gasteiger charge is 2.23. The quantitative estimate of drug-likeness (QED) is 0.171. The standard InChI is InChI=1S/C24H11ClF4O2/c1-31-17-10-6-16(7-11-17)19(30)13-9-15-5-3-2-4-14(15)8-12-18-20(25)22(27)24(29)23(28)21(18)26/h2-7,10-11H,1H3. The molecule has 0 bridgehead atoms. The Labute approximate surface area is 180 Å². The number of hydrogen-bond acceptors (Lipinski definition) is 2. The van der Waals surface area contributed by atoms with E-state index in [0.29, 0.717) is 16.9 Å². The number of methoxy groups -OCH3 is 1. The Morgan fingerprint density at radius 2 is 1.39 bits per heavy atom. The predicted octanol–water partition coefficient (Wildman–Crippen LogP) is 5.54. The van der Waals surface area contributed by atoms with E-state index in [2.05, 4.69) is 23.7 Å². The van der Waals surface area contributed by atoms with Crippen LogP contribution in [0.2, 0.25) is 5.02 Å². The summed E-state index contributed by atoms with van der Waals surface area (Å²) in [5.41, 5.74) is 0.0905. The number of hydrogen-bond donors (Lipinski definition) is 0. The second-order valence-corrected chi connectivity index (χ2v) is 6.43. The summed E-state index contributed by atoms with van der Waals surface area (Å²) in [5.74, 6) is 2.53. The molecule has 0 fully saturated rings. The zero-order chi connectivity index (χ0) is 22.5. The van der Waals surface area contributed by atoms with Gasteiger partial charge in [-0.15, -0.1) is 0 Å². The summed E-state index contributed by atoms with van der Waals surface area (Å²) in [6.45, 7) is 0. The van der Waals surface area contributed by atoms with Crippen LogP contribution in [0.15, 0.2) is 48.5 Å². The van der Waals surface area contributed by atoms with Gasteiger partial charge in [0.05, 0.1) is 17.7 Å². The van der Waals surface area contributed by atoms with Gasteiger partial charge in [-0.1, -0.05) is 41.5 Å². The Morgan fingerprint density at radius 1 is 0.806 bits per heavy atom. The van der Waals surface area contributed by atoms with E-state index in [1.807, 2.05) is 0 Å². The maximum Gasteiger partial charge on any atom is 0.236 e. The van der Waals surface area contributed by atoms with Gasteiger partial charge in [0.2, 0.25) is 5.78 Å². The van der Waals surface area contributed by atoms with Crippen molar-refractivity contribution < 1.29 is 27.1 Å². The van der Waals surface area contributed by atoms with Gasteiger partial charge in [0.1, 0.15) is 5.75 Å². The van der Waals surface area contributed by atoms with Crippen LogP contribution >= 0.6 is 11.6 Å². The average Bonchev–Trinajstić information content (AvgIpc) is 2.80. The molecule has 0 atom stereocenters. The second kappa shape index (κ2) is 9.38. The molecule has 0 aromatic heterocycles. The highest BCUT2D eigenvalue weighted by Crippen LogP contribution is 2.27. The van der Waals surface area contributed by atoms with Crippen LogP contribution in [0.25, 0.3) is 0 Å². The van der Waals surface area contributed by atoms with Gasteiger partial charge < -0.3 is 4.74 Å². The third kappa shape index (κ3) is 4.71. The molecule has 0 heterocycles. The number of rotatable bonds is 2. The monoisotopic (exact) mass is 442 g/mol. The molecule has 0 radical (unpaired) electrons. The number of benzene rings is 3. The van der Waals surface area contributed by atoms with Crippen molar-refractivity contribution in [3.63, 3.8) is 0 Å². The van der Waals surface area contributed by atoms with Crippen molar-refractivity contribution in [2.24, 2.45) is 0 Å². The molecule has 3 aromatic rings. The van der Waals surface area contributed by atoms with Gasteiger partial charge in [0, 0.05) is 16.7 Å². The first-order valence-electron chi connectivity index (χ1n) is 8.66. The zero-order valence-corrected chi connectivity index (χ0v) is 16.6. The molecule has 154 valence electrons. The van der Waals surface area contributed by atoms with E-state index in [0.717, 1.165) is 0 Å². The minimum absolute atomic E-state index is 0.248. The smallest absolute Gasteiger partial charge is 0.236 e. The van der Waals surface area contributed by atoms with Gasteiger partial charge in [0.25, 0.3) is 0 Å². The van der Waals surface area contributed by atoms with Gasteiger partial charge in [-0.25, -0.2) is 17.6 Å². The van der Waals surface area contributed by atoms with Crippen LogP contribution in [0.1, 0.15) is 27.0 Å². The van der Waals surface area contributed by atoms with Gasteiger partial charge in [-0.05, 0) is 42.3 Å². The van der Waals surface area contributed by atoms with Crippen molar-refractivity contribution in [2.75, 3.05) is 7.11 Å². The summed E-state index contributed by atoms with van der Waals surface area (Å²) in [6.07, 6.45) is 0. The molecule has 7 heteroatoms. The first kappa shape index (κ1) is 22.0. The van der Waals surface area contributed by atoms with Crippen LogP contribution < -0.4 is 4.74 Å². The van der Waals surface area contributed by atoms with Crippen LogP contribution in [0.3, 0.4) is 0 Å². The van der Waals surface area contributed by atoms with Crippen LogP contribution in [0.5, 0.6) is 5.75 Å². The van der Waals surface area contributed by atoms with Crippen molar-refractivity contribution in [3.8, 4) is 29.4 Å². The Kier molecular flexibility index (Phi) is 6.65. The predicted molar refractivity (Wildman–Crippen MR) is 108 cm³/mol. The number of carbonyl (C=O) groups is 1. The molecule has 0 aliphatic rings. The molecule has 0 N–H and O–H groups in total. The Hall–Kier alpha value is -3.74. The van der Waals surface area contributed by atoms with E-state index in [4.69, 9.17) is 16.3 Å².